The number of aromatic nitrogens is 1. The summed E-state index contributed by atoms with van der Waals surface area (Å²) in [5.74, 6) is 0.194. The molecule has 7 heteroatoms. The SMILES string of the molecule is O=C(/C=C/c1ccccc1[N+](=O)[O-])Nc1nc(C2CC2)cs1. The van der Waals surface area contributed by atoms with Gasteiger partial charge in [-0.2, -0.15) is 0 Å². The monoisotopic (exact) mass is 315 g/mol. The van der Waals surface area contributed by atoms with Gasteiger partial charge >= 0.3 is 0 Å². The highest BCUT2D eigenvalue weighted by Crippen LogP contribution is 2.40. The molecular weight excluding hydrogens is 302 g/mol. The van der Waals surface area contributed by atoms with E-state index < -0.39 is 4.92 Å². The van der Waals surface area contributed by atoms with E-state index in [0.717, 1.165) is 18.5 Å². The molecule has 1 saturated carbocycles. The van der Waals surface area contributed by atoms with Gasteiger partial charge in [0, 0.05) is 23.4 Å². The van der Waals surface area contributed by atoms with Crippen LogP contribution in [0.3, 0.4) is 0 Å². The summed E-state index contributed by atoms with van der Waals surface area (Å²) in [6.07, 6.45) is 5.03. The minimum absolute atomic E-state index is 0.0307. The van der Waals surface area contributed by atoms with Gasteiger partial charge in [-0.15, -0.1) is 11.3 Å². The molecule has 1 heterocycles. The number of hydrogen-bond donors (Lipinski definition) is 1. The zero-order chi connectivity index (χ0) is 15.5. The number of amides is 1. The Kier molecular flexibility index (Phi) is 3.97. The lowest BCUT2D eigenvalue weighted by atomic mass is 10.1. The Morgan fingerprint density at radius 3 is 2.91 bits per heavy atom. The average Bonchev–Trinajstić information content (AvgIpc) is 3.26. The molecule has 1 aliphatic carbocycles. The smallest absolute Gasteiger partial charge is 0.276 e. The quantitative estimate of drug-likeness (QED) is 0.519. The molecule has 1 aliphatic rings. The van der Waals surface area contributed by atoms with Crippen LogP contribution in [0.25, 0.3) is 6.08 Å². The number of carbonyl (C=O) groups excluding carboxylic acids is 1. The maximum Gasteiger partial charge on any atom is 0.276 e. The van der Waals surface area contributed by atoms with E-state index in [1.165, 1.54) is 29.6 Å². The van der Waals surface area contributed by atoms with Gasteiger partial charge < -0.3 is 0 Å². The Labute approximate surface area is 130 Å². The number of para-hydroxylation sites is 1. The number of nitro groups is 1. The van der Waals surface area contributed by atoms with E-state index in [1.807, 2.05) is 5.38 Å². The van der Waals surface area contributed by atoms with Crippen LogP contribution >= 0.6 is 11.3 Å². The third-order valence-corrected chi connectivity index (χ3v) is 4.07. The normalized spacial score (nSPS) is 14.2. The van der Waals surface area contributed by atoms with E-state index in [4.69, 9.17) is 0 Å². The fourth-order valence-electron chi connectivity index (χ4n) is 2.02. The molecule has 112 valence electrons. The zero-order valence-corrected chi connectivity index (χ0v) is 12.4. The molecule has 1 fully saturated rings. The van der Waals surface area contributed by atoms with Crippen LogP contribution < -0.4 is 5.32 Å². The topological polar surface area (TPSA) is 85.1 Å². The lowest BCUT2D eigenvalue weighted by Crippen LogP contribution is -2.07. The maximum atomic E-state index is 11.9. The van der Waals surface area contributed by atoms with Crippen molar-refractivity contribution in [1.82, 2.24) is 4.98 Å². The van der Waals surface area contributed by atoms with Gasteiger partial charge in [-0.05, 0) is 25.0 Å². The molecule has 6 nitrogen and oxygen atoms in total. The molecule has 22 heavy (non-hydrogen) atoms. The first-order chi connectivity index (χ1) is 10.6. The molecule has 0 spiro atoms. The molecule has 2 aromatic rings. The van der Waals surface area contributed by atoms with Gasteiger partial charge in [-0.3, -0.25) is 20.2 Å². The molecule has 3 rings (SSSR count). The van der Waals surface area contributed by atoms with Crippen molar-refractivity contribution in [3.05, 3.63) is 57.1 Å². The van der Waals surface area contributed by atoms with Crippen LogP contribution in [0.2, 0.25) is 0 Å². The number of anilines is 1. The number of rotatable bonds is 5. The second-order valence-electron chi connectivity index (χ2n) is 4.99. The number of nitrogens with one attached hydrogen (secondary N) is 1. The van der Waals surface area contributed by atoms with Crippen molar-refractivity contribution in [1.29, 1.82) is 0 Å². The van der Waals surface area contributed by atoms with Gasteiger partial charge in [0.2, 0.25) is 5.91 Å². The Balaban J connectivity index is 1.66. The summed E-state index contributed by atoms with van der Waals surface area (Å²) < 4.78 is 0. The number of benzene rings is 1. The Hall–Kier alpha value is -2.54. The van der Waals surface area contributed by atoms with E-state index in [-0.39, 0.29) is 11.6 Å². The summed E-state index contributed by atoms with van der Waals surface area (Å²) in [4.78, 5) is 26.6. The highest BCUT2D eigenvalue weighted by Gasteiger charge is 2.26. The van der Waals surface area contributed by atoms with Crippen LogP contribution in [0.5, 0.6) is 0 Å². The predicted octanol–water partition coefficient (Wildman–Crippen LogP) is 3.58. The number of thiazole rings is 1. The number of nitrogens with zero attached hydrogens (tertiary/aromatic N) is 2. The van der Waals surface area contributed by atoms with Crippen LogP contribution in [0.15, 0.2) is 35.7 Å². The molecule has 0 atom stereocenters. The number of nitro benzene ring substituents is 1. The standard InChI is InChI=1S/C15H13N3O3S/c19-14(17-15-16-12(9-22-15)10-5-6-10)8-7-11-3-1-2-4-13(11)18(20)21/h1-4,7-10H,5-6H2,(H,16,17,19)/b8-7+. The van der Waals surface area contributed by atoms with Crippen LogP contribution in [0.1, 0.15) is 30.0 Å². The molecule has 1 N–H and O–H groups in total. The van der Waals surface area contributed by atoms with E-state index in [0.29, 0.717) is 16.6 Å². The molecule has 1 amide bonds. The van der Waals surface area contributed by atoms with Crippen molar-refractivity contribution >= 4 is 34.1 Å². The molecule has 0 aliphatic heterocycles. The molecule has 0 bridgehead atoms. The second-order valence-corrected chi connectivity index (χ2v) is 5.85. The minimum Gasteiger partial charge on any atom is -0.298 e. The van der Waals surface area contributed by atoms with E-state index in [1.54, 1.807) is 18.2 Å². The van der Waals surface area contributed by atoms with Gasteiger partial charge in [0.05, 0.1) is 16.2 Å². The third-order valence-electron chi connectivity index (χ3n) is 3.30. The van der Waals surface area contributed by atoms with Gasteiger partial charge in [0.15, 0.2) is 5.13 Å². The van der Waals surface area contributed by atoms with Crippen molar-refractivity contribution in [2.75, 3.05) is 5.32 Å². The molecule has 0 radical (unpaired) electrons. The number of carbonyl (C=O) groups is 1. The first kappa shape index (κ1) is 14.4. The first-order valence-electron chi connectivity index (χ1n) is 6.81. The highest BCUT2D eigenvalue weighted by atomic mass is 32.1. The van der Waals surface area contributed by atoms with Crippen molar-refractivity contribution in [2.45, 2.75) is 18.8 Å². The van der Waals surface area contributed by atoms with Crippen LogP contribution in [0.4, 0.5) is 10.8 Å². The second kappa shape index (κ2) is 6.07. The van der Waals surface area contributed by atoms with Crippen molar-refractivity contribution < 1.29 is 9.72 Å². The predicted molar refractivity (Wildman–Crippen MR) is 84.8 cm³/mol. The minimum atomic E-state index is -0.472. The summed E-state index contributed by atoms with van der Waals surface area (Å²) >= 11 is 1.39. The average molecular weight is 315 g/mol. The molecule has 0 saturated heterocycles. The van der Waals surface area contributed by atoms with Crippen molar-refractivity contribution in [2.24, 2.45) is 0 Å². The maximum absolute atomic E-state index is 11.9. The van der Waals surface area contributed by atoms with Crippen molar-refractivity contribution in [3.63, 3.8) is 0 Å². The van der Waals surface area contributed by atoms with Gasteiger partial charge in [0.1, 0.15) is 0 Å². The van der Waals surface area contributed by atoms with Crippen LogP contribution in [-0.2, 0) is 4.79 Å². The lowest BCUT2D eigenvalue weighted by molar-refractivity contribution is -0.385. The van der Waals surface area contributed by atoms with Gasteiger partial charge in [-0.25, -0.2) is 4.98 Å². The summed E-state index contributed by atoms with van der Waals surface area (Å²) in [6.45, 7) is 0. The fourth-order valence-corrected chi connectivity index (χ4v) is 2.81. The fraction of sp³-hybridized carbons (Fsp3) is 0.200. The largest absolute Gasteiger partial charge is 0.298 e. The van der Waals surface area contributed by atoms with Crippen molar-refractivity contribution in [3.8, 4) is 0 Å². The van der Waals surface area contributed by atoms with E-state index in [2.05, 4.69) is 10.3 Å². The summed E-state index contributed by atoms with van der Waals surface area (Å²) in [5, 5.41) is 16.1. The molecular formula is C15H13N3O3S. The molecule has 1 aromatic carbocycles. The van der Waals surface area contributed by atoms with Gasteiger partial charge in [-0.1, -0.05) is 12.1 Å². The molecule has 0 unspecified atom stereocenters. The van der Waals surface area contributed by atoms with Crippen LogP contribution in [0, 0.1) is 10.1 Å². The summed E-state index contributed by atoms with van der Waals surface area (Å²) in [7, 11) is 0. The van der Waals surface area contributed by atoms with Crippen LogP contribution in [-0.4, -0.2) is 15.8 Å². The third kappa shape index (κ3) is 3.37. The van der Waals surface area contributed by atoms with Gasteiger partial charge in [0.25, 0.3) is 5.69 Å². The number of hydrogen-bond acceptors (Lipinski definition) is 5. The first-order valence-corrected chi connectivity index (χ1v) is 7.69. The molecule has 1 aromatic heterocycles. The Morgan fingerprint density at radius 1 is 1.41 bits per heavy atom. The Bertz CT molecular complexity index is 750. The van der Waals surface area contributed by atoms with E-state index >= 15 is 0 Å². The Morgan fingerprint density at radius 2 is 2.18 bits per heavy atom. The zero-order valence-electron chi connectivity index (χ0n) is 11.6. The summed E-state index contributed by atoms with van der Waals surface area (Å²) in [5.41, 5.74) is 1.39. The lowest BCUT2D eigenvalue weighted by Gasteiger charge is -1.97. The van der Waals surface area contributed by atoms with E-state index in [9.17, 15) is 14.9 Å². The summed E-state index contributed by atoms with van der Waals surface area (Å²) in [6, 6.07) is 6.27. The highest BCUT2D eigenvalue weighted by molar-refractivity contribution is 7.14.